The number of hydrazine groups is 1. The number of nitrogens with two attached hydrogens (primary N) is 1. The van der Waals surface area contributed by atoms with E-state index in [1.54, 1.807) is 0 Å². The first kappa shape index (κ1) is 12.8. The Bertz CT molecular complexity index is 433. The maximum atomic E-state index is 13.4. The minimum atomic E-state index is -0.544. The molecule has 1 amide bonds. The molecule has 6 heteroatoms. The zero-order valence-corrected chi connectivity index (χ0v) is 9.91. The van der Waals surface area contributed by atoms with Crippen LogP contribution >= 0.6 is 0 Å². The van der Waals surface area contributed by atoms with Gasteiger partial charge in [-0.15, -0.1) is 0 Å². The van der Waals surface area contributed by atoms with E-state index >= 15 is 0 Å². The zero-order valence-electron chi connectivity index (χ0n) is 9.91. The highest BCUT2D eigenvalue weighted by molar-refractivity contribution is 5.99. The second-order valence-electron chi connectivity index (χ2n) is 4.17. The minimum Gasteiger partial charge on any atom is -0.381 e. The van der Waals surface area contributed by atoms with E-state index in [-0.39, 0.29) is 23.2 Å². The van der Waals surface area contributed by atoms with Crippen LogP contribution in [0.1, 0.15) is 23.2 Å². The van der Waals surface area contributed by atoms with Gasteiger partial charge in [-0.1, -0.05) is 6.07 Å². The smallest absolute Gasteiger partial charge is 0.253 e. The van der Waals surface area contributed by atoms with Gasteiger partial charge in [-0.05, 0) is 25.0 Å². The number of hydrogen-bond donors (Lipinski definition) is 3. The average molecular weight is 253 g/mol. The fourth-order valence-corrected chi connectivity index (χ4v) is 1.97. The van der Waals surface area contributed by atoms with E-state index in [2.05, 4.69) is 10.7 Å². The maximum Gasteiger partial charge on any atom is 0.253 e. The highest BCUT2D eigenvalue weighted by Gasteiger charge is 2.19. The predicted molar refractivity (Wildman–Crippen MR) is 65.5 cm³/mol. The first-order valence-electron chi connectivity index (χ1n) is 5.86. The second-order valence-corrected chi connectivity index (χ2v) is 4.17. The Kier molecular flexibility index (Phi) is 4.11. The number of halogens is 1. The minimum absolute atomic E-state index is 0.0158. The number of nitrogen functional groups attached to an aromatic ring is 1. The van der Waals surface area contributed by atoms with E-state index in [0.29, 0.717) is 13.2 Å². The molecule has 1 aliphatic rings. The van der Waals surface area contributed by atoms with Crippen LogP contribution in [0, 0.1) is 5.82 Å². The molecule has 0 saturated carbocycles. The summed E-state index contributed by atoms with van der Waals surface area (Å²) in [5.41, 5.74) is 2.45. The Hall–Kier alpha value is -1.66. The van der Waals surface area contributed by atoms with Gasteiger partial charge in [-0.25, -0.2) is 4.39 Å². The third kappa shape index (κ3) is 2.77. The number of nitrogens with one attached hydrogen (secondary N) is 2. The highest BCUT2D eigenvalue weighted by atomic mass is 19.1. The van der Waals surface area contributed by atoms with Crippen LogP contribution in [0.4, 0.5) is 10.1 Å². The van der Waals surface area contributed by atoms with Gasteiger partial charge < -0.3 is 15.5 Å². The maximum absolute atomic E-state index is 13.4. The number of ether oxygens (including phenoxy) is 1. The average Bonchev–Trinajstić information content (AvgIpc) is 2.39. The first-order valence-corrected chi connectivity index (χ1v) is 5.86. The largest absolute Gasteiger partial charge is 0.381 e. The van der Waals surface area contributed by atoms with Crippen molar-refractivity contribution in [2.75, 3.05) is 18.6 Å². The molecule has 1 aromatic rings. The summed E-state index contributed by atoms with van der Waals surface area (Å²) in [7, 11) is 0. The van der Waals surface area contributed by atoms with Crippen molar-refractivity contribution in [2.45, 2.75) is 18.9 Å². The standard InChI is InChI=1S/C12H16FN3O2/c13-10-3-1-2-9(11(10)16-14)12(17)15-8-4-6-18-7-5-8/h1-3,8,16H,4-7,14H2,(H,15,17). The van der Waals surface area contributed by atoms with Gasteiger partial charge >= 0.3 is 0 Å². The first-order chi connectivity index (χ1) is 8.72. The van der Waals surface area contributed by atoms with Crippen LogP contribution in [0.15, 0.2) is 18.2 Å². The van der Waals surface area contributed by atoms with Crippen LogP contribution in [0.5, 0.6) is 0 Å². The van der Waals surface area contributed by atoms with Crippen molar-refractivity contribution in [3.05, 3.63) is 29.6 Å². The monoisotopic (exact) mass is 253 g/mol. The van der Waals surface area contributed by atoms with Gasteiger partial charge in [0.05, 0.1) is 11.3 Å². The number of rotatable bonds is 3. The highest BCUT2D eigenvalue weighted by Crippen LogP contribution is 2.19. The molecule has 0 unspecified atom stereocenters. The van der Waals surface area contributed by atoms with Crippen LogP contribution in [0.25, 0.3) is 0 Å². The SMILES string of the molecule is NNc1c(F)cccc1C(=O)NC1CCOCC1. The number of para-hydroxylation sites is 1. The number of benzene rings is 1. The number of carbonyl (C=O) groups is 1. The molecule has 1 saturated heterocycles. The van der Waals surface area contributed by atoms with Crippen molar-refractivity contribution in [3.63, 3.8) is 0 Å². The number of hydrogen-bond acceptors (Lipinski definition) is 4. The Balaban J connectivity index is 2.10. The molecular formula is C12H16FN3O2. The van der Waals surface area contributed by atoms with Crippen LogP contribution in [0.2, 0.25) is 0 Å². The second kappa shape index (κ2) is 5.79. The molecule has 18 heavy (non-hydrogen) atoms. The van der Waals surface area contributed by atoms with Crippen molar-refractivity contribution in [3.8, 4) is 0 Å². The molecule has 0 radical (unpaired) electrons. The lowest BCUT2D eigenvalue weighted by molar-refractivity contribution is 0.0696. The molecule has 1 aliphatic heterocycles. The Morgan fingerprint density at radius 1 is 1.39 bits per heavy atom. The van der Waals surface area contributed by atoms with E-state index in [1.807, 2.05) is 0 Å². The molecule has 0 atom stereocenters. The number of anilines is 1. The van der Waals surface area contributed by atoms with Crippen LogP contribution in [-0.2, 0) is 4.74 Å². The lowest BCUT2D eigenvalue weighted by Gasteiger charge is -2.23. The van der Waals surface area contributed by atoms with Crippen LogP contribution < -0.4 is 16.6 Å². The lowest BCUT2D eigenvalue weighted by atomic mass is 10.1. The van der Waals surface area contributed by atoms with Gasteiger partial charge in [-0.3, -0.25) is 10.6 Å². The van der Waals surface area contributed by atoms with Crippen molar-refractivity contribution >= 4 is 11.6 Å². The summed E-state index contributed by atoms with van der Waals surface area (Å²) in [4.78, 5) is 12.0. The van der Waals surface area contributed by atoms with Crippen molar-refractivity contribution < 1.29 is 13.9 Å². The van der Waals surface area contributed by atoms with E-state index in [1.165, 1.54) is 18.2 Å². The Morgan fingerprint density at radius 3 is 2.78 bits per heavy atom. The van der Waals surface area contributed by atoms with Gasteiger partial charge in [0.2, 0.25) is 0 Å². The molecule has 1 fully saturated rings. The summed E-state index contributed by atoms with van der Waals surface area (Å²) in [6.45, 7) is 1.27. The third-order valence-electron chi connectivity index (χ3n) is 2.96. The van der Waals surface area contributed by atoms with E-state index < -0.39 is 5.82 Å². The van der Waals surface area contributed by atoms with E-state index in [9.17, 15) is 9.18 Å². The molecule has 4 N–H and O–H groups in total. The number of carbonyl (C=O) groups excluding carboxylic acids is 1. The topological polar surface area (TPSA) is 76.4 Å². The van der Waals surface area contributed by atoms with Crippen molar-refractivity contribution in [1.29, 1.82) is 0 Å². The van der Waals surface area contributed by atoms with Gasteiger partial charge in [0.1, 0.15) is 5.82 Å². The molecule has 0 aliphatic carbocycles. The van der Waals surface area contributed by atoms with Crippen molar-refractivity contribution in [2.24, 2.45) is 5.84 Å². The summed E-state index contributed by atoms with van der Waals surface area (Å²) in [5, 5.41) is 2.86. The van der Waals surface area contributed by atoms with E-state index in [4.69, 9.17) is 10.6 Å². The Labute approximate surface area is 104 Å². The van der Waals surface area contributed by atoms with E-state index in [0.717, 1.165) is 12.8 Å². The summed E-state index contributed by atoms with van der Waals surface area (Å²) < 4.78 is 18.7. The van der Waals surface area contributed by atoms with Gasteiger partial charge in [-0.2, -0.15) is 0 Å². The van der Waals surface area contributed by atoms with Gasteiger partial charge in [0, 0.05) is 19.3 Å². The van der Waals surface area contributed by atoms with Crippen LogP contribution in [0.3, 0.4) is 0 Å². The molecule has 5 nitrogen and oxygen atoms in total. The fraction of sp³-hybridized carbons (Fsp3) is 0.417. The molecule has 1 heterocycles. The van der Waals surface area contributed by atoms with Gasteiger partial charge in [0.25, 0.3) is 5.91 Å². The zero-order chi connectivity index (χ0) is 13.0. The molecule has 2 rings (SSSR count). The summed E-state index contributed by atoms with van der Waals surface area (Å²) in [6, 6.07) is 4.34. The summed E-state index contributed by atoms with van der Waals surface area (Å²) >= 11 is 0. The Morgan fingerprint density at radius 2 is 2.11 bits per heavy atom. The normalized spacial score (nSPS) is 16.3. The number of amides is 1. The third-order valence-corrected chi connectivity index (χ3v) is 2.96. The van der Waals surface area contributed by atoms with Crippen molar-refractivity contribution in [1.82, 2.24) is 5.32 Å². The van der Waals surface area contributed by atoms with Gasteiger partial charge in [0.15, 0.2) is 0 Å². The quantitative estimate of drug-likeness (QED) is 0.555. The molecule has 98 valence electrons. The molecule has 0 aromatic heterocycles. The van der Waals surface area contributed by atoms with Crippen LogP contribution in [-0.4, -0.2) is 25.2 Å². The molecule has 1 aromatic carbocycles. The molecule has 0 bridgehead atoms. The lowest BCUT2D eigenvalue weighted by Crippen LogP contribution is -2.39. The predicted octanol–water partition coefficient (Wildman–Crippen LogP) is 1.02. The molecular weight excluding hydrogens is 237 g/mol. The summed E-state index contributed by atoms with van der Waals surface area (Å²) in [5.74, 6) is 4.36. The fourth-order valence-electron chi connectivity index (χ4n) is 1.97. The molecule has 0 spiro atoms. The summed E-state index contributed by atoms with van der Waals surface area (Å²) in [6.07, 6.45) is 1.54.